The second-order valence-electron chi connectivity index (χ2n) is 7.65. The number of carbonyl (C=O) groups is 2. The van der Waals surface area contributed by atoms with Gasteiger partial charge in [0.2, 0.25) is 12.0 Å². The Morgan fingerprint density at radius 2 is 1.73 bits per heavy atom. The molecule has 0 aromatic heterocycles. The molecule has 2 aromatic rings. The van der Waals surface area contributed by atoms with Crippen molar-refractivity contribution in [2.24, 2.45) is 0 Å². The van der Waals surface area contributed by atoms with Crippen LogP contribution in [0.5, 0.6) is 11.5 Å². The van der Waals surface area contributed by atoms with Crippen LogP contribution in [0.1, 0.15) is 17.5 Å². The number of aryl methyl sites for hydroxylation is 2. The van der Waals surface area contributed by atoms with Gasteiger partial charge in [0, 0.05) is 37.6 Å². The molecular formula is C23H25ClN2O4. The molecule has 30 heavy (non-hydrogen) atoms. The summed E-state index contributed by atoms with van der Waals surface area (Å²) in [6.07, 6.45) is 0.447. The lowest BCUT2D eigenvalue weighted by molar-refractivity contribution is -0.146. The van der Waals surface area contributed by atoms with Gasteiger partial charge in [-0.25, -0.2) is 0 Å². The lowest BCUT2D eigenvalue weighted by Crippen LogP contribution is -2.55. The molecule has 1 saturated heterocycles. The SMILES string of the molecule is Cc1ccc(CCC(=O)N2CCN(C(=O)[C@@H]3COc4ccccc4O3)CC2)cc1Cl. The van der Waals surface area contributed by atoms with Crippen LogP contribution in [0.3, 0.4) is 0 Å². The average Bonchev–Trinajstić information content (AvgIpc) is 2.79. The molecule has 1 atom stereocenters. The smallest absolute Gasteiger partial charge is 0.267 e. The van der Waals surface area contributed by atoms with Crippen molar-refractivity contribution in [2.75, 3.05) is 32.8 Å². The Morgan fingerprint density at radius 3 is 2.47 bits per heavy atom. The Kier molecular flexibility index (Phi) is 6.13. The fraction of sp³-hybridized carbons (Fsp3) is 0.391. The third-order valence-electron chi connectivity index (χ3n) is 5.59. The molecule has 158 valence electrons. The molecule has 0 bridgehead atoms. The van der Waals surface area contributed by atoms with Gasteiger partial charge < -0.3 is 19.3 Å². The van der Waals surface area contributed by atoms with Gasteiger partial charge in [0.1, 0.15) is 6.61 Å². The fourth-order valence-electron chi connectivity index (χ4n) is 3.72. The number of fused-ring (bicyclic) bond motifs is 1. The minimum absolute atomic E-state index is 0.0918. The molecule has 6 nitrogen and oxygen atoms in total. The minimum atomic E-state index is -0.645. The van der Waals surface area contributed by atoms with Gasteiger partial charge in [-0.1, -0.05) is 35.9 Å². The standard InChI is InChI=1S/C23H25ClN2O4/c1-16-6-7-17(14-18(16)24)8-9-22(27)25-10-12-26(13-11-25)23(28)21-15-29-19-4-2-3-5-20(19)30-21/h2-7,14,21H,8-13,15H2,1H3/t21-/m0/s1. The number of para-hydroxylation sites is 2. The van der Waals surface area contributed by atoms with Crippen LogP contribution in [0.15, 0.2) is 42.5 Å². The highest BCUT2D eigenvalue weighted by atomic mass is 35.5. The highest BCUT2D eigenvalue weighted by molar-refractivity contribution is 6.31. The Bertz CT molecular complexity index is 941. The van der Waals surface area contributed by atoms with Crippen molar-refractivity contribution in [1.29, 1.82) is 0 Å². The van der Waals surface area contributed by atoms with Gasteiger partial charge in [-0.15, -0.1) is 0 Å². The molecule has 4 rings (SSSR count). The number of benzene rings is 2. The lowest BCUT2D eigenvalue weighted by atomic mass is 10.1. The van der Waals surface area contributed by atoms with E-state index in [2.05, 4.69) is 0 Å². The largest absolute Gasteiger partial charge is 0.485 e. The van der Waals surface area contributed by atoms with Crippen molar-refractivity contribution in [3.8, 4) is 11.5 Å². The fourth-order valence-corrected chi connectivity index (χ4v) is 3.93. The topological polar surface area (TPSA) is 59.1 Å². The summed E-state index contributed by atoms with van der Waals surface area (Å²) in [5, 5.41) is 0.726. The molecule has 0 aliphatic carbocycles. The number of carbonyl (C=O) groups excluding carboxylic acids is 2. The number of hydrogen-bond donors (Lipinski definition) is 0. The van der Waals surface area contributed by atoms with E-state index >= 15 is 0 Å². The van der Waals surface area contributed by atoms with Crippen LogP contribution in [0.4, 0.5) is 0 Å². The van der Waals surface area contributed by atoms with Gasteiger partial charge in [-0.3, -0.25) is 9.59 Å². The molecule has 2 amide bonds. The monoisotopic (exact) mass is 428 g/mol. The van der Waals surface area contributed by atoms with Crippen molar-refractivity contribution >= 4 is 23.4 Å². The predicted octanol–water partition coefficient (Wildman–Crippen LogP) is 3.09. The molecule has 0 N–H and O–H groups in total. The number of nitrogens with zero attached hydrogens (tertiary/aromatic N) is 2. The molecule has 0 radical (unpaired) electrons. The van der Waals surface area contributed by atoms with Crippen LogP contribution in [-0.2, 0) is 16.0 Å². The van der Waals surface area contributed by atoms with Crippen LogP contribution in [0, 0.1) is 6.92 Å². The first-order valence-corrected chi connectivity index (χ1v) is 10.6. The maximum Gasteiger partial charge on any atom is 0.267 e. The van der Waals surface area contributed by atoms with Gasteiger partial charge in [-0.05, 0) is 42.7 Å². The van der Waals surface area contributed by atoms with Crippen molar-refractivity contribution < 1.29 is 19.1 Å². The normalized spacial score (nSPS) is 18.3. The maximum absolute atomic E-state index is 12.8. The van der Waals surface area contributed by atoms with Gasteiger partial charge in [0.25, 0.3) is 5.91 Å². The second kappa shape index (κ2) is 8.96. The van der Waals surface area contributed by atoms with E-state index in [0.717, 1.165) is 16.1 Å². The Labute approximate surface area is 181 Å². The van der Waals surface area contributed by atoms with Crippen molar-refractivity contribution in [3.63, 3.8) is 0 Å². The molecule has 7 heteroatoms. The van der Waals surface area contributed by atoms with E-state index in [0.29, 0.717) is 50.5 Å². The maximum atomic E-state index is 12.8. The van der Waals surface area contributed by atoms with E-state index in [9.17, 15) is 9.59 Å². The summed E-state index contributed by atoms with van der Waals surface area (Å²) in [6.45, 7) is 4.23. The number of amides is 2. The number of piperazine rings is 1. The molecule has 1 fully saturated rings. The molecule has 0 unspecified atom stereocenters. The van der Waals surface area contributed by atoms with Crippen molar-refractivity contribution in [3.05, 3.63) is 58.6 Å². The van der Waals surface area contributed by atoms with Crippen LogP contribution in [0.25, 0.3) is 0 Å². The van der Waals surface area contributed by atoms with E-state index < -0.39 is 6.10 Å². The lowest BCUT2D eigenvalue weighted by Gasteiger charge is -2.37. The molecular weight excluding hydrogens is 404 g/mol. The van der Waals surface area contributed by atoms with E-state index in [-0.39, 0.29) is 18.4 Å². The molecule has 0 spiro atoms. The predicted molar refractivity (Wildman–Crippen MR) is 114 cm³/mol. The van der Waals surface area contributed by atoms with Gasteiger partial charge in [0.05, 0.1) is 0 Å². The number of ether oxygens (including phenoxy) is 2. The van der Waals surface area contributed by atoms with Gasteiger partial charge >= 0.3 is 0 Å². The summed E-state index contributed by atoms with van der Waals surface area (Å²) in [5.74, 6) is 1.26. The summed E-state index contributed by atoms with van der Waals surface area (Å²) in [4.78, 5) is 29.0. The van der Waals surface area contributed by atoms with Crippen molar-refractivity contribution in [1.82, 2.24) is 9.80 Å². The zero-order valence-corrected chi connectivity index (χ0v) is 17.7. The summed E-state index contributed by atoms with van der Waals surface area (Å²) < 4.78 is 11.5. The zero-order chi connectivity index (χ0) is 21.1. The molecule has 0 saturated carbocycles. The Morgan fingerprint density at radius 1 is 1.03 bits per heavy atom. The van der Waals surface area contributed by atoms with Crippen LogP contribution in [0.2, 0.25) is 5.02 Å². The van der Waals surface area contributed by atoms with Crippen LogP contribution < -0.4 is 9.47 Å². The summed E-state index contributed by atoms with van der Waals surface area (Å²) in [7, 11) is 0. The molecule has 2 aliphatic rings. The number of hydrogen-bond acceptors (Lipinski definition) is 4. The zero-order valence-electron chi connectivity index (χ0n) is 17.0. The van der Waals surface area contributed by atoms with E-state index in [1.807, 2.05) is 48.2 Å². The highest BCUT2D eigenvalue weighted by Crippen LogP contribution is 2.31. The van der Waals surface area contributed by atoms with E-state index in [4.69, 9.17) is 21.1 Å². The third-order valence-corrected chi connectivity index (χ3v) is 6.00. The number of rotatable bonds is 4. The van der Waals surface area contributed by atoms with Gasteiger partial charge in [-0.2, -0.15) is 0 Å². The first-order valence-electron chi connectivity index (χ1n) is 10.2. The molecule has 2 aromatic carbocycles. The molecule has 2 aliphatic heterocycles. The Hall–Kier alpha value is -2.73. The van der Waals surface area contributed by atoms with Crippen LogP contribution >= 0.6 is 11.6 Å². The summed E-state index contributed by atoms with van der Waals surface area (Å²) >= 11 is 6.16. The first-order chi connectivity index (χ1) is 14.5. The van der Waals surface area contributed by atoms with Crippen LogP contribution in [-0.4, -0.2) is 60.5 Å². The van der Waals surface area contributed by atoms with Gasteiger partial charge in [0.15, 0.2) is 11.5 Å². The van der Waals surface area contributed by atoms with Crippen molar-refractivity contribution in [2.45, 2.75) is 25.9 Å². The Balaban J connectivity index is 1.25. The molecule has 2 heterocycles. The average molecular weight is 429 g/mol. The minimum Gasteiger partial charge on any atom is -0.485 e. The number of halogens is 1. The van der Waals surface area contributed by atoms with E-state index in [1.54, 1.807) is 11.0 Å². The summed E-state index contributed by atoms with van der Waals surface area (Å²) in [5.41, 5.74) is 2.09. The first kappa shape index (κ1) is 20.5. The van der Waals surface area contributed by atoms with E-state index in [1.165, 1.54) is 0 Å². The second-order valence-corrected chi connectivity index (χ2v) is 8.06. The quantitative estimate of drug-likeness (QED) is 0.750. The third kappa shape index (κ3) is 4.54. The summed E-state index contributed by atoms with van der Waals surface area (Å²) in [6, 6.07) is 13.2. The highest BCUT2D eigenvalue weighted by Gasteiger charge is 2.33.